The van der Waals surface area contributed by atoms with Crippen molar-refractivity contribution in [2.45, 2.75) is 24.9 Å². The summed E-state index contributed by atoms with van der Waals surface area (Å²) < 4.78 is 1.90. The molecule has 0 aromatic carbocycles. The number of pyridine rings is 1. The van der Waals surface area contributed by atoms with Crippen LogP contribution in [0.15, 0.2) is 42.9 Å². The second-order valence-electron chi connectivity index (χ2n) is 6.58. The molecule has 2 atom stereocenters. The zero-order chi connectivity index (χ0) is 16.5. The minimum Gasteiger partial charge on any atom is -0.394 e. The lowest BCUT2D eigenvalue weighted by Gasteiger charge is -2.43. The van der Waals surface area contributed by atoms with Crippen LogP contribution in [0.25, 0.3) is 5.82 Å². The highest BCUT2D eigenvalue weighted by atomic mass is 16.3. The molecule has 0 saturated carbocycles. The lowest BCUT2D eigenvalue weighted by Crippen LogP contribution is -2.59. The molecule has 0 unspecified atom stereocenters. The van der Waals surface area contributed by atoms with E-state index in [-0.39, 0.29) is 18.6 Å². The van der Waals surface area contributed by atoms with Gasteiger partial charge in [-0.05, 0) is 43.7 Å². The van der Waals surface area contributed by atoms with E-state index in [9.17, 15) is 9.90 Å². The zero-order valence-electron chi connectivity index (χ0n) is 13.6. The molecule has 126 valence electrons. The fraction of sp³-hybridized carbons (Fsp3) is 0.444. The smallest absolute Gasteiger partial charge is 0.255 e. The van der Waals surface area contributed by atoms with Crippen molar-refractivity contribution in [1.29, 1.82) is 0 Å². The van der Waals surface area contributed by atoms with Crippen LogP contribution in [0.2, 0.25) is 0 Å². The van der Waals surface area contributed by atoms with Gasteiger partial charge in [0, 0.05) is 37.7 Å². The first-order chi connectivity index (χ1) is 11.8. The normalized spacial score (nSPS) is 24.1. The molecule has 0 aliphatic carbocycles. The van der Waals surface area contributed by atoms with Crippen molar-refractivity contribution in [3.63, 3.8) is 0 Å². The number of rotatable bonds is 3. The number of piperazine rings is 1. The summed E-state index contributed by atoms with van der Waals surface area (Å²) in [7, 11) is 0. The molecule has 1 N–H and O–H groups in total. The summed E-state index contributed by atoms with van der Waals surface area (Å²) in [5, 5.41) is 9.71. The summed E-state index contributed by atoms with van der Waals surface area (Å²) in [5.74, 6) is 0.753. The van der Waals surface area contributed by atoms with Crippen molar-refractivity contribution in [2.75, 3.05) is 26.2 Å². The molecule has 4 rings (SSSR count). The van der Waals surface area contributed by atoms with E-state index in [1.165, 1.54) is 6.42 Å². The van der Waals surface area contributed by atoms with Crippen LogP contribution in [0.1, 0.15) is 23.2 Å². The van der Waals surface area contributed by atoms with Gasteiger partial charge in [-0.3, -0.25) is 9.69 Å². The molecule has 24 heavy (non-hydrogen) atoms. The third-order valence-corrected chi connectivity index (χ3v) is 5.13. The molecular weight excluding hydrogens is 304 g/mol. The second kappa shape index (κ2) is 6.37. The van der Waals surface area contributed by atoms with Gasteiger partial charge in [0.25, 0.3) is 5.91 Å². The van der Waals surface area contributed by atoms with Crippen LogP contribution in [-0.4, -0.2) is 68.7 Å². The summed E-state index contributed by atoms with van der Waals surface area (Å²) >= 11 is 0. The van der Waals surface area contributed by atoms with Gasteiger partial charge in [0.05, 0.1) is 18.2 Å². The van der Waals surface area contributed by atoms with Gasteiger partial charge in [-0.25, -0.2) is 4.98 Å². The van der Waals surface area contributed by atoms with Crippen LogP contribution in [-0.2, 0) is 0 Å². The third kappa shape index (κ3) is 2.72. The Hall–Kier alpha value is -2.18. The predicted octanol–water partition coefficient (Wildman–Crippen LogP) is 1.15. The molecule has 0 spiro atoms. The fourth-order valence-electron chi connectivity index (χ4n) is 3.81. The molecule has 0 bridgehead atoms. The molecule has 2 saturated heterocycles. The first kappa shape index (κ1) is 15.4. The molecule has 4 heterocycles. The minimum atomic E-state index is -0.129. The van der Waals surface area contributed by atoms with Gasteiger partial charge < -0.3 is 14.6 Å². The van der Waals surface area contributed by atoms with E-state index in [2.05, 4.69) is 9.88 Å². The number of carbonyl (C=O) groups excluding carboxylic acids is 1. The average Bonchev–Trinajstić information content (AvgIpc) is 3.31. The maximum absolute atomic E-state index is 12.9. The van der Waals surface area contributed by atoms with Gasteiger partial charge >= 0.3 is 0 Å². The number of hydrogen-bond acceptors (Lipinski definition) is 4. The number of fused-ring (bicyclic) bond motifs is 1. The summed E-state index contributed by atoms with van der Waals surface area (Å²) in [6.45, 7) is 2.55. The molecular formula is C18H22N4O2. The Balaban J connectivity index is 1.53. The zero-order valence-corrected chi connectivity index (χ0v) is 13.6. The van der Waals surface area contributed by atoms with Crippen molar-refractivity contribution in [3.8, 4) is 5.82 Å². The lowest BCUT2D eigenvalue weighted by molar-refractivity contribution is 0.0192. The van der Waals surface area contributed by atoms with Gasteiger partial charge in [-0.2, -0.15) is 0 Å². The number of carbonyl (C=O) groups is 1. The number of aliphatic hydroxyl groups is 1. The van der Waals surface area contributed by atoms with E-state index in [1.807, 2.05) is 46.1 Å². The molecule has 1 amide bonds. The molecule has 2 aliphatic rings. The van der Waals surface area contributed by atoms with Gasteiger partial charge in [0.2, 0.25) is 0 Å². The Kier molecular flexibility index (Phi) is 4.08. The number of amides is 1. The molecule has 2 fully saturated rings. The number of aliphatic hydroxyl groups excluding tert-OH is 1. The van der Waals surface area contributed by atoms with Crippen molar-refractivity contribution in [2.24, 2.45) is 0 Å². The monoisotopic (exact) mass is 326 g/mol. The Morgan fingerprint density at radius 2 is 2.08 bits per heavy atom. The highest BCUT2D eigenvalue weighted by molar-refractivity contribution is 5.94. The quantitative estimate of drug-likeness (QED) is 0.919. The average molecular weight is 326 g/mol. The maximum Gasteiger partial charge on any atom is 0.255 e. The lowest BCUT2D eigenvalue weighted by atomic mass is 10.1. The first-order valence-corrected chi connectivity index (χ1v) is 8.51. The Bertz CT molecular complexity index is 698. The van der Waals surface area contributed by atoms with Crippen molar-refractivity contribution >= 4 is 5.91 Å². The van der Waals surface area contributed by atoms with E-state index >= 15 is 0 Å². The first-order valence-electron chi connectivity index (χ1n) is 8.51. The minimum absolute atomic E-state index is 0.00381. The SMILES string of the molecule is O=C(c1ccc(-n2cccc2)nc1)N1C[C@@H]2CCCN2C[C@@H]1CO. The highest BCUT2D eigenvalue weighted by Gasteiger charge is 2.38. The topological polar surface area (TPSA) is 61.6 Å². The van der Waals surface area contributed by atoms with Gasteiger partial charge in [-0.15, -0.1) is 0 Å². The van der Waals surface area contributed by atoms with E-state index in [1.54, 1.807) is 6.20 Å². The number of aromatic nitrogens is 2. The Morgan fingerprint density at radius 3 is 2.79 bits per heavy atom. The van der Waals surface area contributed by atoms with E-state index in [0.29, 0.717) is 18.2 Å². The predicted molar refractivity (Wildman–Crippen MR) is 90.1 cm³/mol. The van der Waals surface area contributed by atoms with Gasteiger partial charge in [0.1, 0.15) is 5.82 Å². The van der Waals surface area contributed by atoms with Crippen molar-refractivity contribution in [3.05, 3.63) is 48.4 Å². The number of hydrogen-bond donors (Lipinski definition) is 1. The summed E-state index contributed by atoms with van der Waals surface area (Å²) in [6, 6.07) is 7.86. The van der Waals surface area contributed by atoms with Crippen LogP contribution < -0.4 is 0 Å². The van der Waals surface area contributed by atoms with Crippen LogP contribution in [0.4, 0.5) is 0 Å². The molecule has 2 aromatic heterocycles. The van der Waals surface area contributed by atoms with Crippen LogP contribution in [0, 0.1) is 0 Å². The standard InChI is InChI=1S/C18H22N4O2/c23-13-16-11-21-9-3-4-15(21)12-22(16)18(24)14-5-6-17(19-10-14)20-7-1-2-8-20/h1-2,5-8,10,15-16,23H,3-4,9,11-13H2/t15-,16+/m0/s1. The van der Waals surface area contributed by atoms with Crippen LogP contribution in [0.5, 0.6) is 0 Å². The van der Waals surface area contributed by atoms with Gasteiger partial charge in [0.15, 0.2) is 0 Å². The van der Waals surface area contributed by atoms with Gasteiger partial charge in [-0.1, -0.05) is 0 Å². The van der Waals surface area contributed by atoms with E-state index in [4.69, 9.17) is 0 Å². The maximum atomic E-state index is 12.9. The molecule has 0 radical (unpaired) electrons. The van der Waals surface area contributed by atoms with Crippen molar-refractivity contribution < 1.29 is 9.90 Å². The summed E-state index contributed by atoms with van der Waals surface area (Å²) in [4.78, 5) is 21.5. The fourth-order valence-corrected chi connectivity index (χ4v) is 3.81. The van der Waals surface area contributed by atoms with Crippen LogP contribution >= 0.6 is 0 Å². The Labute approximate surface area is 141 Å². The third-order valence-electron chi connectivity index (χ3n) is 5.13. The van der Waals surface area contributed by atoms with E-state index < -0.39 is 0 Å². The number of nitrogens with zero attached hydrogens (tertiary/aromatic N) is 4. The van der Waals surface area contributed by atoms with E-state index in [0.717, 1.165) is 25.3 Å². The summed E-state index contributed by atoms with van der Waals surface area (Å²) in [6.07, 6.45) is 7.79. The van der Waals surface area contributed by atoms with Crippen molar-refractivity contribution in [1.82, 2.24) is 19.4 Å². The second-order valence-corrected chi connectivity index (χ2v) is 6.58. The highest BCUT2D eigenvalue weighted by Crippen LogP contribution is 2.25. The van der Waals surface area contributed by atoms with Crippen LogP contribution in [0.3, 0.4) is 0 Å². The Morgan fingerprint density at radius 1 is 1.25 bits per heavy atom. The molecule has 2 aliphatic heterocycles. The molecule has 6 nitrogen and oxygen atoms in total. The largest absolute Gasteiger partial charge is 0.394 e. The summed E-state index contributed by atoms with van der Waals surface area (Å²) in [5.41, 5.74) is 0.579. The molecule has 2 aromatic rings. The molecule has 6 heteroatoms.